The Morgan fingerprint density at radius 3 is 1.82 bits per heavy atom. The van der Waals surface area contributed by atoms with Gasteiger partial charge in [0, 0.05) is 14.2 Å². The Morgan fingerprint density at radius 2 is 1.47 bits per heavy atom. The summed E-state index contributed by atoms with van der Waals surface area (Å²) < 4.78 is 11.2. The number of nitrogens with zero attached hydrogens (tertiary/aromatic N) is 2. The molecule has 200 valence electrons. The number of amides is 2. The van der Waals surface area contributed by atoms with E-state index in [4.69, 9.17) is 9.47 Å². The minimum absolute atomic E-state index is 0.0369. The lowest BCUT2D eigenvalue weighted by molar-refractivity contribution is -0.161. The Bertz CT molecular complexity index is 649. The first-order chi connectivity index (χ1) is 15.5. The van der Waals surface area contributed by atoms with E-state index in [1.807, 2.05) is 81.3 Å². The molecule has 0 bridgehead atoms. The maximum absolute atomic E-state index is 13.7. The number of hydrogen-bond donors (Lipinski definition) is 1. The largest absolute Gasteiger partial charge is 0.460 e. The molecule has 1 unspecified atom stereocenters. The minimum Gasteiger partial charge on any atom is -0.460 e. The number of esters is 1. The highest BCUT2D eigenvalue weighted by atomic mass is 16.6. The monoisotopic (exact) mass is 485 g/mol. The molecular weight excluding hydrogens is 434 g/mol. The molecule has 0 rings (SSSR count). The first-order valence-electron chi connectivity index (χ1n) is 12.5. The molecule has 1 N–H and O–H groups in total. The highest BCUT2D eigenvalue weighted by molar-refractivity contribution is 5.90. The molecule has 0 aliphatic carbocycles. The van der Waals surface area contributed by atoms with Crippen LogP contribution < -0.4 is 5.32 Å². The summed E-state index contributed by atoms with van der Waals surface area (Å²) in [6, 6.07) is -1.39. The predicted molar refractivity (Wildman–Crippen MR) is 136 cm³/mol. The minimum atomic E-state index is -0.690. The summed E-state index contributed by atoms with van der Waals surface area (Å²) in [5, 5.41) is 3.00. The van der Waals surface area contributed by atoms with Gasteiger partial charge in [-0.05, 0) is 52.6 Å². The number of carbonyl (C=O) groups excluding carboxylic acids is 3. The smallest absolute Gasteiger partial charge is 0.309 e. The fourth-order valence-electron chi connectivity index (χ4n) is 4.38. The van der Waals surface area contributed by atoms with Crippen LogP contribution in [0.5, 0.6) is 0 Å². The number of methoxy groups -OCH3 is 1. The van der Waals surface area contributed by atoms with Crippen molar-refractivity contribution < 1.29 is 23.9 Å². The zero-order valence-electron chi connectivity index (χ0n) is 23.9. The number of ether oxygens (including phenoxy) is 2. The Kier molecular flexibility index (Phi) is 13.3. The molecule has 0 saturated heterocycles. The van der Waals surface area contributed by atoms with Crippen LogP contribution in [0, 0.1) is 17.8 Å². The summed E-state index contributed by atoms with van der Waals surface area (Å²) in [4.78, 5) is 42.9. The van der Waals surface area contributed by atoms with Crippen LogP contribution in [0.25, 0.3) is 0 Å². The van der Waals surface area contributed by atoms with Crippen molar-refractivity contribution in [3.05, 3.63) is 0 Å². The standard InChI is InChI=1S/C26H51N3O5/c1-14-18(6)23(19(33-13)15-20(30)34-26(7,8)9)29(12)25(32)21(16(2)3)27-24(31)22(17(4)5)28(10)11/h16-19,21-23H,14-15H2,1-13H3,(H,27,31)/t18-,19+,21-,22?,23-/m0/s1. The summed E-state index contributed by atoms with van der Waals surface area (Å²) in [5.74, 6) is -0.685. The Labute approximate surface area is 208 Å². The van der Waals surface area contributed by atoms with Crippen LogP contribution in [0.4, 0.5) is 0 Å². The molecule has 2 amide bonds. The molecule has 0 saturated carbocycles. The molecule has 0 aromatic heterocycles. The highest BCUT2D eigenvalue weighted by Gasteiger charge is 2.39. The summed E-state index contributed by atoms with van der Waals surface area (Å²) in [6.07, 6.45) is 0.299. The number of likely N-dealkylation sites (N-methyl/N-ethyl adjacent to an activating group) is 2. The average Bonchev–Trinajstić information content (AvgIpc) is 2.68. The Morgan fingerprint density at radius 1 is 0.941 bits per heavy atom. The fourth-order valence-corrected chi connectivity index (χ4v) is 4.38. The van der Waals surface area contributed by atoms with Crippen LogP contribution in [0.1, 0.15) is 75.2 Å². The molecule has 0 aromatic carbocycles. The van der Waals surface area contributed by atoms with Gasteiger partial charge in [0.15, 0.2) is 0 Å². The number of carbonyl (C=O) groups is 3. The molecule has 0 radical (unpaired) electrons. The third-order valence-electron chi connectivity index (χ3n) is 6.18. The van der Waals surface area contributed by atoms with Gasteiger partial charge in [0.25, 0.3) is 0 Å². The van der Waals surface area contributed by atoms with Crippen molar-refractivity contribution in [2.45, 2.75) is 105 Å². The van der Waals surface area contributed by atoms with Crippen LogP contribution in [0.15, 0.2) is 0 Å². The number of hydrogen-bond acceptors (Lipinski definition) is 6. The van der Waals surface area contributed by atoms with Gasteiger partial charge in [-0.25, -0.2) is 0 Å². The first-order valence-corrected chi connectivity index (χ1v) is 12.5. The molecule has 8 nitrogen and oxygen atoms in total. The summed E-state index contributed by atoms with van der Waals surface area (Å²) in [6.45, 7) is 17.4. The van der Waals surface area contributed by atoms with Crippen LogP contribution >= 0.6 is 0 Å². The summed E-state index contributed by atoms with van der Waals surface area (Å²) in [7, 11) is 7.01. The van der Waals surface area contributed by atoms with Crippen molar-refractivity contribution in [1.29, 1.82) is 0 Å². The predicted octanol–water partition coefficient (Wildman–Crippen LogP) is 3.33. The number of rotatable bonds is 13. The van der Waals surface area contributed by atoms with E-state index in [2.05, 4.69) is 5.32 Å². The van der Waals surface area contributed by atoms with Gasteiger partial charge in [0.2, 0.25) is 11.8 Å². The van der Waals surface area contributed by atoms with E-state index in [9.17, 15) is 14.4 Å². The maximum atomic E-state index is 13.7. The van der Waals surface area contributed by atoms with Crippen LogP contribution in [-0.2, 0) is 23.9 Å². The van der Waals surface area contributed by atoms with E-state index in [0.29, 0.717) is 0 Å². The van der Waals surface area contributed by atoms with E-state index in [1.165, 1.54) is 0 Å². The van der Waals surface area contributed by atoms with E-state index < -0.39 is 17.7 Å². The molecule has 34 heavy (non-hydrogen) atoms. The zero-order chi connectivity index (χ0) is 27.0. The van der Waals surface area contributed by atoms with Gasteiger partial charge >= 0.3 is 5.97 Å². The molecule has 0 aliphatic heterocycles. The fraction of sp³-hybridized carbons (Fsp3) is 0.885. The van der Waals surface area contributed by atoms with Crippen molar-refractivity contribution in [1.82, 2.24) is 15.1 Å². The van der Waals surface area contributed by atoms with Gasteiger partial charge < -0.3 is 19.7 Å². The third kappa shape index (κ3) is 9.90. The van der Waals surface area contributed by atoms with E-state index in [1.54, 1.807) is 19.1 Å². The highest BCUT2D eigenvalue weighted by Crippen LogP contribution is 2.24. The first kappa shape index (κ1) is 32.3. The number of nitrogens with one attached hydrogen (secondary N) is 1. The molecular formula is C26H51N3O5. The zero-order valence-corrected chi connectivity index (χ0v) is 23.9. The Hall–Kier alpha value is -1.67. The average molecular weight is 486 g/mol. The van der Waals surface area contributed by atoms with Crippen molar-refractivity contribution >= 4 is 17.8 Å². The van der Waals surface area contributed by atoms with Gasteiger partial charge in [-0.15, -0.1) is 0 Å². The second kappa shape index (κ2) is 14.0. The normalized spacial score (nSPS) is 16.7. The summed E-state index contributed by atoms with van der Waals surface area (Å²) >= 11 is 0. The van der Waals surface area contributed by atoms with Crippen molar-refractivity contribution in [2.24, 2.45) is 17.8 Å². The molecule has 5 atom stereocenters. The molecule has 0 heterocycles. The Balaban J connectivity index is 5.90. The van der Waals surface area contributed by atoms with Crippen molar-refractivity contribution in [2.75, 3.05) is 28.3 Å². The van der Waals surface area contributed by atoms with Gasteiger partial charge in [0.05, 0.1) is 24.6 Å². The lowest BCUT2D eigenvalue weighted by Gasteiger charge is -2.40. The van der Waals surface area contributed by atoms with E-state index >= 15 is 0 Å². The van der Waals surface area contributed by atoms with Crippen LogP contribution in [-0.4, -0.2) is 85.7 Å². The third-order valence-corrected chi connectivity index (χ3v) is 6.18. The molecule has 0 aliphatic rings. The molecule has 0 spiro atoms. The second-order valence-electron chi connectivity index (χ2n) is 11.3. The van der Waals surface area contributed by atoms with Gasteiger partial charge in [-0.3, -0.25) is 19.3 Å². The van der Waals surface area contributed by atoms with Crippen LogP contribution in [0.2, 0.25) is 0 Å². The lowest BCUT2D eigenvalue weighted by Crippen LogP contribution is -2.59. The van der Waals surface area contributed by atoms with Gasteiger partial charge in [0.1, 0.15) is 11.6 Å². The van der Waals surface area contributed by atoms with Crippen LogP contribution in [0.3, 0.4) is 0 Å². The summed E-state index contributed by atoms with van der Waals surface area (Å²) in [5.41, 5.74) is -0.602. The lowest BCUT2D eigenvalue weighted by atomic mass is 9.90. The molecule has 0 fully saturated rings. The van der Waals surface area contributed by atoms with Crippen molar-refractivity contribution in [3.63, 3.8) is 0 Å². The topological polar surface area (TPSA) is 88.2 Å². The van der Waals surface area contributed by atoms with Crippen molar-refractivity contribution in [3.8, 4) is 0 Å². The quantitative estimate of drug-likeness (QED) is 0.403. The van der Waals surface area contributed by atoms with E-state index in [-0.39, 0.29) is 54.0 Å². The SMILES string of the molecule is CC[C@H](C)[C@@H]([C@@H](CC(=O)OC(C)(C)C)OC)N(C)C(=O)[C@@H](NC(=O)C(C(C)C)N(C)C)C(C)C. The molecule has 0 aromatic rings. The van der Waals surface area contributed by atoms with Gasteiger partial charge in [-0.1, -0.05) is 48.0 Å². The van der Waals surface area contributed by atoms with Gasteiger partial charge in [-0.2, -0.15) is 0 Å². The molecule has 8 heteroatoms. The second-order valence-corrected chi connectivity index (χ2v) is 11.3. The van der Waals surface area contributed by atoms with E-state index in [0.717, 1.165) is 6.42 Å². The maximum Gasteiger partial charge on any atom is 0.309 e.